The zero-order chi connectivity index (χ0) is 48.2. The van der Waals surface area contributed by atoms with Crippen molar-refractivity contribution in [3.8, 4) is 0 Å². The van der Waals surface area contributed by atoms with Crippen molar-refractivity contribution in [1.82, 2.24) is 5.32 Å². The van der Waals surface area contributed by atoms with E-state index in [0.717, 1.165) is 44.9 Å². The van der Waals surface area contributed by atoms with Crippen LogP contribution in [0.2, 0.25) is 25.2 Å². The van der Waals surface area contributed by atoms with E-state index in [1.54, 1.807) is 0 Å². The van der Waals surface area contributed by atoms with Gasteiger partial charge in [0.05, 0.1) is 31.5 Å². The van der Waals surface area contributed by atoms with Crippen molar-refractivity contribution in [3.05, 3.63) is 0 Å². The molecule has 13 heteroatoms. The highest BCUT2D eigenvalue weighted by Gasteiger charge is 2.46. The predicted molar refractivity (Wildman–Crippen MR) is 264 cm³/mol. The smallest absolute Gasteiger partial charge is 0.394 e. The molecule has 7 N–H and O–H groups in total. The lowest BCUT2D eigenvalue weighted by Gasteiger charge is -2.40. The van der Waals surface area contributed by atoms with E-state index >= 15 is 0 Å². The third kappa shape index (κ3) is 31.5. The van der Waals surface area contributed by atoms with Gasteiger partial charge in [0.15, 0.2) is 6.29 Å². The first-order valence-electron chi connectivity index (χ1n) is 27.3. The number of nitrogens with one attached hydrogen (secondary N) is 1. The van der Waals surface area contributed by atoms with Crippen LogP contribution in [0.1, 0.15) is 232 Å². The minimum Gasteiger partial charge on any atom is -0.394 e. The summed E-state index contributed by atoms with van der Waals surface area (Å²) >= 11 is 0. The molecule has 0 spiro atoms. The van der Waals surface area contributed by atoms with Crippen LogP contribution in [0.25, 0.3) is 0 Å². The van der Waals surface area contributed by atoms with Crippen molar-refractivity contribution in [2.75, 3.05) is 13.2 Å². The molecule has 1 fully saturated rings. The molecule has 1 aliphatic rings. The van der Waals surface area contributed by atoms with E-state index in [9.17, 15) is 43.8 Å². The molecule has 0 aliphatic carbocycles. The number of aliphatic hydroxyl groups excluding tert-OH is 6. The number of aliphatic hydroxyl groups is 6. The zero-order valence-corrected chi connectivity index (χ0v) is 43.2. The van der Waals surface area contributed by atoms with Crippen molar-refractivity contribution in [2.45, 2.75) is 319 Å². The van der Waals surface area contributed by atoms with Crippen LogP contribution in [0.15, 0.2) is 0 Å². The third-order valence-electron chi connectivity index (χ3n) is 14.1. The molecule has 5 unspecified atom stereocenters. The van der Waals surface area contributed by atoms with Crippen LogP contribution in [0, 0.1) is 0 Å². The molecule has 1 saturated heterocycles. The lowest BCUT2D eigenvalue weighted by molar-refractivity contribution is -0.303. The molecular weight excluding hydrogens is 852 g/mol. The Morgan fingerprint density at radius 3 is 1.29 bits per heavy atom. The standard InChI is InChI=1S/C52H104F3NO8Si/c1-5-7-9-11-13-15-17-19-20-21-23-25-27-31-35-39-65(3,4)40-36-32-28-30-34-38-46(52(53,54)55)56-43(42-63-51-50(62)49(61)48(60)45(41-57)64-51)47(59)44(58)37-33-29-26-24-22-18-16-14-12-10-8-6-2/h43-51,56-62H,5-42H2,1-4H3/t43-,44+,45?,46-,47-,48?,49?,50?,51?/m0/s1. The van der Waals surface area contributed by atoms with Gasteiger partial charge in [-0.15, -0.1) is 0 Å². The van der Waals surface area contributed by atoms with Gasteiger partial charge < -0.3 is 40.1 Å². The van der Waals surface area contributed by atoms with E-state index in [4.69, 9.17) is 9.47 Å². The largest absolute Gasteiger partial charge is 0.403 e. The minimum atomic E-state index is -4.63. The van der Waals surface area contributed by atoms with E-state index in [1.807, 2.05) is 0 Å². The number of hydrogen-bond donors (Lipinski definition) is 7. The Hall–Kier alpha value is -0.353. The number of rotatable bonds is 45. The first-order chi connectivity index (χ1) is 31.2. The van der Waals surface area contributed by atoms with E-state index in [1.165, 1.54) is 153 Å². The van der Waals surface area contributed by atoms with Crippen LogP contribution in [0.3, 0.4) is 0 Å². The average molecular weight is 956 g/mol. The summed E-state index contributed by atoms with van der Waals surface area (Å²) < 4.78 is 54.6. The van der Waals surface area contributed by atoms with E-state index in [2.05, 4.69) is 32.3 Å². The second kappa shape index (κ2) is 39.4. The molecule has 9 nitrogen and oxygen atoms in total. The molecule has 390 valence electrons. The first-order valence-corrected chi connectivity index (χ1v) is 30.7. The monoisotopic (exact) mass is 956 g/mol. The van der Waals surface area contributed by atoms with Crippen LogP contribution in [-0.4, -0.2) is 113 Å². The third-order valence-corrected chi connectivity index (χ3v) is 17.5. The summed E-state index contributed by atoms with van der Waals surface area (Å²) in [7, 11) is -1.30. The van der Waals surface area contributed by atoms with Crippen LogP contribution < -0.4 is 5.32 Å². The van der Waals surface area contributed by atoms with Crippen molar-refractivity contribution in [1.29, 1.82) is 0 Å². The zero-order valence-electron chi connectivity index (χ0n) is 42.2. The summed E-state index contributed by atoms with van der Waals surface area (Å²) in [5, 5.41) is 65.3. The van der Waals surface area contributed by atoms with E-state index in [-0.39, 0.29) is 12.8 Å². The average Bonchev–Trinajstić information content (AvgIpc) is 3.27. The summed E-state index contributed by atoms with van der Waals surface area (Å²) in [6.07, 6.45) is 22.5. The molecule has 0 aromatic carbocycles. The molecule has 0 aromatic heterocycles. The summed E-state index contributed by atoms with van der Waals surface area (Å²) in [6.45, 7) is 8.14. The van der Waals surface area contributed by atoms with Crippen molar-refractivity contribution in [3.63, 3.8) is 0 Å². The molecule has 0 radical (unpaired) electrons. The Balaban J connectivity index is 2.52. The fourth-order valence-corrected chi connectivity index (χ4v) is 12.1. The van der Waals surface area contributed by atoms with Crippen LogP contribution in [0.4, 0.5) is 13.2 Å². The quantitative estimate of drug-likeness (QED) is 0.0234. The Morgan fingerprint density at radius 2 is 0.908 bits per heavy atom. The summed E-state index contributed by atoms with van der Waals surface area (Å²) in [5.41, 5.74) is 0. The molecule has 0 aromatic rings. The fraction of sp³-hybridized carbons (Fsp3) is 1.00. The van der Waals surface area contributed by atoms with Gasteiger partial charge in [0.2, 0.25) is 0 Å². The normalized spacial score (nSPS) is 21.5. The number of unbranched alkanes of at least 4 members (excludes halogenated alkanes) is 29. The molecule has 0 bridgehead atoms. The van der Waals surface area contributed by atoms with Gasteiger partial charge in [0.25, 0.3) is 0 Å². The molecule has 0 amide bonds. The minimum absolute atomic E-state index is 0.201. The van der Waals surface area contributed by atoms with Crippen LogP contribution in [-0.2, 0) is 9.47 Å². The fourth-order valence-electron chi connectivity index (χ4n) is 9.46. The number of hydrogen-bond acceptors (Lipinski definition) is 9. The van der Waals surface area contributed by atoms with Gasteiger partial charge >= 0.3 is 6.18 Å². The Kier molecular flexibility index (Phi) is 38.0. The van der Waals surface area contributed by atoms with Gasteiger partial charge in [-0.25, -0.2) is 0 Å². The lowest BCUT2D eigenvalue weighted by atomic mass is 9.97. The van der Waals surface area contributed by atoms with Gasteiger partial charge in [-0.3, -0.25) is 5.32 Å². The van der Waals surface area contributed by atoms with Crippen molar-refractivity contribution < 1.29 is 53.3 Å². The second-order valence-corrected chi connectivity index (χ2v) is 26.1. The summed E-state index contributed by atoms with van der Waals surface area (Å²) in [4.78, 5) is 0. The van der Waals surface area contributed by atoms with Crippen molar-refractivity contribution >= 4 is 8.07 Å². The van der Waals surface area contributed by atoms with Crippen LogP contribution >= 0.6 is 0 Å². The molecule has 9 atom stereocenters. The highest BCUT2D eigenvalue weighted by atomic mass is 28.3. The molecule has 1 heterocycles. The highest BCUT2D eigenvalue weighted by Crippen LogP contribution is 2.29. The highest BCUT2D eigenvalue weighted by molar-refractivity contribution is 6.77. The molecule has 1 aliphatic heterocycles. The number of halogens is 3. The Labute approximate surface area is 397 Å². The Morgan fingerprint density at radius 1 is 0.538 bits per heavy atom. The lowest BCUT2D eigenvalue weighted by Crippen LogP contribution is -2.61. The summed E-state index contributed by atoms with van der Waals surface area (Å²) in [6, 6.07) is -0.780. The molecule has 0 saturated carbocycles. The summed E-state index contributed by atoms with van der Waals surface area (Å²) in [5.74, 6) is 0. The molecular formula is C52H104F3NO8Si. The van der Waals surface area contributed by atoms with Gasteiger partial charge in [-0.1, -0.05) is 244 Å². The van der Waals surface area contributed by atoms with Crippen LogP contribution in [0.5, 0.6) is 0 Å². The Bertz CT molecular complexity index is 1060. The predicted octanol–water partition coefficient (Wildman–Crippen LogP) is 12.4. The number of alkyl halides is 3. The SMILES string of the molecule is CCCCCCCCCCCCCCCCC[Si](C)(C)CCCCCCC[C@H](N[C@@H](COC1OC(CO)C(O)C(O)C1O)[C@H](O)[C@H](O)CCCCCCCCCCCCCC)C(F)(F)F. The van der Waals surface area contributed by atoms with Gasteiger partial charge in [-0.05, 0) is 12.8 Å². The maximum atomic E-state index is 14.5. The van der Waals surface area contributed by atoms with E-state index in [0.29, 0.717) is 19.3 Å². The second-order valence-electron chi connectivity index (χ2n) is 20.8. The molecule has 65 heavy (non-hydrogen) atoms. The van der Waals surface area contributed by atoms with Gasteiger partial charge in [0, 0.05) is 8.07 Å². The van der Waals surface area contributed by atoms with E-state index < -0.39 is 82.5 Å². The first kappa shape index (κ1) is 62.7. The molecule has 1 rings (SSSR count). The van der Waals surface area contributed by atoms with Gasteiger partial charge in [0.1, 0.15) is 30.5 Å². The van der Waals surface area contributed by atoms with Gasteiger partial charge in [-0.2, -0.15) is 13.2 Å². The maximum absolute atomic E-state index is 14.5. The maximum Gasteiger partial charge on any atom is 0.403 e. The van der Waals surface area contributed by atoms with Crippen molar-refractivity contribution in [2.24, 2.45) is 0 Å². The topological polar surface area (TPSA) is 152 Å². The number of ether oxygens (including phenoxy) is 2.